The van der Waals surface area contributed by atoms with Crippen molar-refractivity contribution in [2.75, 3.05) is 24.9 Å². The molecule has 7 heteroatoms. The monoisotopic (exact) mass is 376 g/mol. The largest absolute Gasteiger partial charge is 0.495 e. The van der Waals surface area contributed by atoms with Gasteiger partial charge in [0.25, 0.3) is 0 Å². The molecule has 2 aromatic rings. The van der Waals surface area contributed by atoms with Crippen molar-refractivity contribution in [3.8, 4) is 11.5 Å². The summed E-state index contributed by atoms with van der Waals surface area (Å²) in [5.41, 5.74) is 1.48. The van der Waals surface area contributed by atoms with Crippen LogP contribution in [-0.4, -0.2) is 32.0 Å². The Labute approximate surface area is 157 Å². The standard InChI is InChI=1S/C19H21ClN2O4/c1-11(19(24)22-15-8-6-5-7-13(15)12(2)23)21-16-9-14(20)17(25-3)10-18(16)26-4/h5-11,21H,1-4H3,(H,22,24)/t11-/m0/s1. The number of ether oxygens (including phenoxy) is 2. The Bertz CT molecular complexity index is 823. The van der Waals surface area contributed by atoms with Gasteiger partial charge in [-0.05, 0) is 32.0 Å². The lowest BCUT2D eigenvalue weighted by Gasteiger charge is -2.19. The van der Waals surface area contributed by atoms with Crippen molar-refractivity contribution in [3.05, 3.63) is 47.0 Å². The van der Waals surface area contributed by atoms with Crippen LogP contribution in [0.3, 0.4) is 0 Å². The predicted molar refractivity (Wildman–Crippen MR) is 103 cm³/mol. The minimum Gasteiger partial charge on any atom is -0.495 e. The first kappa shape index (κ1) is 19.6. The Morgan fingerprint density at radius 1 is 1.04 bits per heavy atom. The van der Waals surface area contributed by atoms with Crippen LogP contribution in [0.15, 0.2) is 36.4 Å². The summed E-state index contributed by atoms with van der Waals surface area (Å²) in [5, 5.41) is 6.22. The van der Waals surface area contributed by atoms with E-state index in [1.54, 1.807) is 43.3 Å². The summed E-state index contributed by atoms with van der Waals surface area (Å²) < 4.78 is 10.5. The minimum atomic E-state index is -0.603. The average molecular weight is 377 g/mol. The van der Waals surface area contributed by atoms with Crippen LogP contribution in [0.5, 0.6) is 11.5 Å². The number of rotatable bonds is 7. The van der Waals surface area contributed by atoms with Gasteiger partial charge in [0.15, 0.2) is 5.78 Å². The van der Waals surface area contributed by atoms with Crippen LogP contribution >= 0.6 is 11.6 Å². The second-order valence-electron chi connectivity index (χ2n) is 5.64. The molecule has 0 fully saturated rings. The summed E-state index contributed by atoms with van der Waals surface area (Å²) in [6, 6.07) is 9.53. The van der Waals surface area contributed by atoms with E-state index in [1.165, 1.54) is 21.1 Å². The lowest BCUT2D eigenvalue weighted by molar-refractivity contribution is -0.116. The minimum absolute atomic E-state index is 0.120. The number of anilines is 2. The smallest absolute Gasteiger partial charge is 0.246 e. The van der Waals surface area contributed by atoms with Gasteiger partial charge in [-0.3, -0.25) is 9.59 Å². The molecule has 0 saturated carbocycles. The summed E-state index contributed by atoms with van der Waals surface area (Å²) in [7, 11) is 3.03. The maximum absolute atomic E-state index is 12.5. The van der Waals surface area contributed by atoms with Crippen LogP contribution in [0.2, 0.25) is 5.02 Å². The molecule has 0 aliphatic rings. The lowest BCUT2D eigenvalue weighted by atomic mass is 10.1. The summed E-state index contributed by atoms with van der Waals surface area (Å²) >= 11 is 6.15. The van der Waals surface area contributed by atoms with Crippen LogP contribution in [0.4, 0.5) is 11.4 Å². The van der Waals surface area contributed by atoms with Gasteiger partial charge in [0.2, 0.25) is 5.91 Å². The second-order valence-corrected chi connectivity index (χ2v) is 6.05. The van der Waals surface area contributed by atoms with E-state index in [0.717, 1.165) is 0 Å². The normalized spacial score (nSPS) is 11.4. The van der Waals surface area contributed by atoms with Gasteiger partial charge in [-0.2, -0.15) is 0 Å². The number of hydrogen-bond donors (Lipinski definition) is 2. The molecule has 1 atom stereocenters. The van der Waals surface area contributed by atoms with Crippen LogP contribution < -0.4 is 20.1 Å². The van der Waals surface area contributed by atoms with E-state index in [9.17, 15) is 9.59 Å². The van der Waals surface area contributed by atoms with Gasteiger partial charge in [0.1, 0.15) is 17.5 Å². The number of carbonyl (C=O) groups is 2. The SMILES string of the molecule is COc1cc(OC)c(N[C@@H](C)C(=O)Nc2ccccc2C(C)=O)cc1Cl. The van der Waals surface area contributed by atoms with E-state index < -0.39 is 6.04 Å². The van der Waals surface area contributed by atoms with E-state index in [4.69, 9.17) is 21.1 Å². The van der Waals surface area contributed by atoms with Gasteiger partial charge < -0.3 is 20.1 Å². The molecule has 0 aliphatic carbocycles. The fraction of sp³-hybridized carbons (Fsp3) is 0.263. The number of carbonyl (C=O) groups excluding carboxylic acids is 2. The molecule has 6 nitrogen and oxygen atoms in total. The molecule has 0 aliphatic heterocycles. The van der Waals surface area contributed by atoms with Gasteiger partial charge in [-0.1, -0.05) is 23.7 Å². The number of methoxy groups -OCH3 is 2. The Morgan fingerprint density at radius 2 is 1.69 bits per heavy atom. The molecule has 0 unspecified atom stereocenters. The van der Waals surface area contributed by atoms with Crippen LogP contribution in [0.25, 0.3) is 0 Å². The van der Waals surface area contributed by atoms with Gasteiger partial charge in [-0.25, -0.2) is 0 Å². The van der Waals surface area contributed by atoms with Crippen LogP contribution in [0, 0.1) is 0 Å². The first-order chi connectivity index (χ1) is 12.4. The quantitative estimate of drug-likeness (QED) is 0.714. The van der Waals surface area contributed by atoms with Gasteiger partial charge in [0.05, 0.1) is 30.6 Å². The molecule has 0 aromatic heterocycles. The Hall–Kier alpha value is -2.73. The topological polar surface area (TPSA) is 76.7 Å². The molecule has 2 aromatic carbocycles. The zero-order valence-corrected chi connectivity index (χ0v) is 15.8. The predicted octanol–water partition coefficient (Wildman–Crippen LogP) is 4.00. The third-order valence-electron chi connectivity index (χ3n) is 3.80. The Morgan fingerprint density at radius 3 is 2.31 bits per heavy atom. The van der Waals surface area contributed by atoms with E-state index in [1.807, 2.05) is 0 Å². The highest BCUT2D eigenvalue weighted by Crippen LogP contribution is 2.36. The molecule has 0 bridgehead atoms. The van der Waals surface area contributed by atoms with E-state index in [2.05, 4.69) is 10.6 Å². The second kappa shape index (κ2) is 8.58. The van der Waals surface area contributed by atoms with E-state index >= 15 is 0 Å². The molecule has 138 valence electrons. The molecule has 0 saturated heterocycles. The molecular weight excluding hydrogens is 356 g/mol. The van der Waals surface area contributed by atoms with Crippen molar-refractivity contribution in [1.29, 1.82) is 0 Å². The lowest BCUT2D eigenvalue weighted by Crippen LogP contribution is -2.32. The number of para-hydroxylation sites is 1. The maximum atomic E-state index is 12.5. The van der Waals surface area contributed by atoms with Crippen molar-refractivity contribution in [1.82, 2.24) is 0 Å². The molecule has 26 heavy (non-hydrogen) atoms. The summed E-state index contributed by atoms with van der Waals surface area (Å²) in [6.07, 6.45) is 0. The molecule has 0 spiro atoms. The van der Waals surface area contributed by atoms with Crippen molar-refractivity contribution in [2.24, 2.45) is 0 Å². The molecule has 0 heterocycles. The van der Waals surface area contributed by atoms with Crippen molar-refractivity contribution >= 4 is 34.7 Å². The Kier molecular flexibility index (Phi) is 6.46. The first-order valence-corrected chi connectivity index (χ1v) is 8.34. The zero-order chi connectivity index (χ0) is 19.3. The van der Waals surface area contributed by atoms with Crippen LogP contribution in [-0.2, 0) is 4.79 Å². The molecule has 1 amide bonds. The number of benzene rings is 2. The third-order valence-corrected chi connectivity index (χ3v) is 4.10. The van der Waals surface area contributed by atoms with Crippen LogP contribution in [0.1, 0.15) is 24.2 Å². The average Bonchev–Trinajstić information content (AvgIpc) is 2.62. The maximum Gasteiger partial charge on any atom is 0.246 e. The van der Waals surface area contributed by atoms with Gasteiger partial charge in [0, 0.05) is 11.6 Å². The van der Waals surface area contributed by atoms with Gasteiger partial charge in [-0.15, -0.1) is 0 Å². The van der Waals surface area contributed by atoms with Crippen molar-refractivity contribution in [3.63, 3.8) is 0 Å². The number of nitrogens with one attached hydrogen (secondary N) is 2. The van der Waals surface area contributed by atoms with Gasteiger partial charge >= 0.3 is 0 Å². The highest BCUT2D eigenvalue weighted by molar-refractivity contribution is 6.32. The molecule has 0 radical (unpaired) electrons. The first-order valence-electron chi connectivity index (χ1n) is 7.96. The fourth-order valence-corrected chi connectivity index (χ4v) is 2.65. The van der Waals surface area contributed by atoms with Crippen molar-refractivity contribution in [2.45, 2.75) is 19.9 Å². The molecule has 2 rings (SSSR count). The van der Waals surface area contributed by atoms with Crippen molar-refractivity contribution < 1.29 is 19.1 Å². The molecule has 2 N–H and O–H groups in total. The number of hydrogen-bond acceptors (Lipinski definition) is 5. The summed E-state index contributed by atoms with van der Waals surface area (Å²) in [5.74, 6) is 0.550. The summed E-state index contributed by atoms with van der Waals surface area (Å²) in [4.78, 5) is 24.2. The number of Topliss-reactive ketones (excluding diaryl/α,β-unsaturated/α-hetero) is 1. The highest BCUT2D eigenvalue weighted by atomic mass is 35.5. The molecular formula is C19H21ClN2O4. The zero-order valence-electron chi connectivity index (χ0n) is 15.1. The fourth-order valence-electron chi connectivity index (χ4n) is 2.41. The highest BCUT2D eigenvalue weighted by Gasteiger charge is 2.18. The number of ketones is 1. The Balaban J connectivity index is 2.18. The van der Waals surface area contributed by atoms with E-state index in [0.29, 0.717) is 33.5 Å². The number of halogens is 1. The third kappa shape index (κ3) is 4.46. The number of amides is 1. The van der Waals surface area contributed by atoms with E-state index in [-0.39, 0.29) is 11.7 Å². The summed E-state index contributed by atoms with van der Waals surface area (Å²) in [6.45, 7) is 3.15.